The van der Waals surface area contributed by atoms with Crippen LogP contribution in [-0.4, -0.2) is 43.8 Å². The lowest BCUT2D eigenvalue weighted by Gasteiger charge is -2.25. The smallest absolute Gasteiger partial charge is 0.223 e. The molecule has 0 radical (unpaired) electrons. The summed E-state index contributed by atoms with van der Waals surface area (Å²) in [5.74, 6) is 2.79. The van der Waals surface area contributed by atoms with Gasteiger partial charge in [-0.3, -0.25) is 9.48 Å². The molecule has 0 bridgehead atoms. The molecule has 3 heterocycles. The van der Waals surface area contributed by atoms with E-state index in [-0.39, 0.29) is 17.6 Å². The van der Waals surface area contributed by atoms with Gasteiger partial charge in [-0.2, -0.15) is 15.3 Å². The van der Waals surface area contributed by atoms with Crippen LogP contribution in [0.3, 0.4) is 0 Å². The number of amides is 1. The molecule has 1 saturated heterocycles. The Hall–Kier alpha value is -2.23. The van der Waals surface area contributed by atoms with Gasteiger partial charge in [-0.05, 0) is 12.8 Å². The summed E-state index contributed by atoms with van der Waals surface area (Å²) in [7, 11) is 0. The minimum atomic E-state index is -0.372. The van der Waals surface area contributed by atoms with Gasteiger partial charge in [0.2, 0.25) is 5.91 Å². The first-order valence-corrected chi connectivity index (χ1v) is 7.72. The second-order valence-electron chi connectivity index (χ2n) is 5.89. The van der Waals surface area contributed by atoms with E-state index in [1.807, 2.05) is 4.90 Å². The van der Waals surface area contributed by atoms with Crippen LogP contribution >= 0.6 is 0 Å². The Balaban J connectivity index is 1.50. The van der Waals surface area contributed by atoms with Crippen molar-refractivity contribution in [2.24, 2.45) is 10.2 Å². The van der Waals surface area contributed by atoms with Gasteiger partial charge in [-0.1, -0.05) is 0 Å². The molecule has 2 aliphatic rings. The molecule has 7 nitrogen and oxygen atoms in total. The summed E-state index contributed by atoms with van der Waals surface area (Å²) < 4.78 is 1.79. The van der Waals surface area contributed by atoms with Crippen molar-refractivity contribution in [1.82, 2.24) is 19.7 Å². The molecule has 1 atom stereocenters. The molecule has 22 heavy (non-hydrogen) atoms. The van der Waals surface area contributed by atoms with Crippen LogP contribution in [0, 0.1) is 12.3 Å². The van der Waals surface area contributed by atoms with Crippen molar-refractivity contribution in [3.05, 3.63) is 12.7 Å². The van der Waals surface area contributed by atoms with Crippen molar-refractivity contribution in [3.63, 3.8) is 0 Å². The number of likely N-dealkylation sites (tertiary alicyclic amines) is 1. The maximum atomic E-state index is 12.5. The average molecular weight is 300 g/mol. The first kappa shape index (κ1) is 14.7. The van der Waals surface area contributed by atoms with E-state index in [1.165, 1.54) is 6.33 Å². The van der Waals surface area contributed by atoms with Crippen LogP contribution in [0.15, 0.2) is 22.9 Å². The zero-order valence-corrected chi connectivity index (χ0v) is 12.6. The topological polar surface area (TPSA) is 75.7 Å². The van der Waals surface area contributed by atoms with E-state index in [1.54, 1.807) is 11.0 Å². The molecule has 1 aromatic heterocycles. The molecule has 1 unspecified atom stereocenters. The van der Waals surface area contributed by atoms with Gasteiger partial charge in [0, 0.05) is 32.2 Å². The van der Waals surface area contributed by atoms with Crippen molar-refractivity contribution >= 4 is 5.91 Å². The Labute approximate surface area is 129 Å². The number of nitrogens with zero attached hydrogens (tertiary/aromatic N) is 6. The highest BCUT2D eigenvalue weighted by Crippen LogP contribution is 2.38. The summed E-state index contributed by atoms with van der Waals surface area (Å²) in [6.45, 7) is 1.53. The normalized spacial score (nSPS) is 21.8. The van der Waals surface area contributed by atoms with E-state index in [4.69, 9.17) is 6.42 Å². The zero-order chi connectivity index (χ0) is 15.4. The maximum absolute atomic E-state index is 12.5. The minimum Gasteiger partial charge on any atom is -0.338 e. The van der Waals surface area contributed by atoms with Crippen LogP contribution in [0.4, 0.5) is 0 Å². The Morgan fingerprint density at radius 3 is 2.95 bits per heavy atom. The fraction of sp³-hybridized carbons (Fsp3) is 0.667. The monoisotopic (exact) mass is 300 g/mol. The lowest BCUT2D eigenvalue weighted by atomic mass is 10.0. The lowest BCUT2D eigenvalue weighted by Crippen LogP contribution is -2.38. The number of aromatic nitrogens is 3. The molecule has 2 aliphatic heterocycles. The molecule has 0 aliphatic carbocycles. The third-order valence-electron chi connectivity index (χ3n) is 4.35. The van der Waals surface area contributed by atoms with Gasteiger partial charge in [0.05, 0.1) is 12.6 Å². The van der Waals surface area contributed by atoms with Crippen LogP contribution < -0.4 is 0 Å². The number of rotatable bonds is 7. The molecule has 3 rings (SSSR count). The quantitative estimate of drug-likeness (QED) is 0.718. The summed E-state index contributed by atoms with van der Waals surface area (Å²) in [5, 5.41) is 12.3. The molecule has 0 N–H and O–H groups in total. The largest absolute Gasteiger partial charge is 0.338 e. The van der Waals surface area contributed by atoms with Crippen LogP contribution in [0.5, 0.6) is 0 Å². The van der Waals surface area contributed by atoms with E-state index in [9.17, 15) is 4.79 Å². The Kier molecular flexibility index (Phi) is 4.18. The summed E-state index contributed by atoms with van der Waals surface area (Å²) >= 11 is 0. The lowest BCUT2D eigenvalue weighted by molar-refractivity contribution is -0.132. The predicted octanol–water partition coefficient (Wildman–Crippen LogP) is 1.62. The van der Waals surface area contributed by atoms with E-state index < -0.39 is 0 Å². The Bertz CT molecular complexity index is 582. The third kappa shape index (κ3) is 3.32. The predicted molar refractivity (Wildman–Crippen MR) is 79.6 cm³/mol. The summed E-state index contributed by atoms with van der Waals surface area (Å²) in [6.07, 6.45) is 13.1. The van der Waals surface area contributed by atoms with Crippen LogP contribution in [0.1, 0.15) is 38.5 Å². The van der Waals surface area contributed by atoms with Gasteiger partial charge in [-0.25, -0.2) is 4.98 Å². The van der Waals surface area contributed by atoms with Crippen molar-refractivity contribution in [2.45, 2.75) is 56.8 Å². The second-order valence-corrected chi connectivity index (χ2v) is 5.89. The van der Waals surface area contributed by atoms with E-state index in [0.717, 1.165) is 25.8 Å². The SMILES string of the molecule is C#CCCC1(CCC(=O)N2CCCC2Cn2cncn2)N=N1. The van der Waals surface area contributed by atoms with Gasteiger partial charge in [-0.15, -0.1) is 12.3 Å². The Morgan fingerprint density at radius 2 is 2.27 bits per heavy atom. The van der Waals surface area contributed by atoms with Crippen LogP contribution in [0.25, 0.3) is 0 Å². The van der Waals surface area contributed by atoms with Gasteiger partial charge in [0.1, 0.15) is 12.7 Å². The van der Waals surface area contributed by atoms with Gasteiger partial charge >= 0.3 is 0 Å². The van der Waals surface area contributed by atoms with E-state index in [2.05, 4.69) is 26.2 Å². The summed E-state index contributed by atoms with van der Waals surface area (Å²) in [6, 6.07) is 0.212. The fourth-order valence-corrected chi connectivity index (χ4v) is 3.02. The molecular weight excluding hydrogens is 280 g/mol. The van der Waals surface area contributed by atoms with Gasteiger partial charge in [0.15, 0.2) is 5.66 Å². The highest BCUT2D eigenvalue weighted by Gasteiger charge is 2.40. The first-order valence-electron chi connectivity index (χ1n) is 7.72. The van der Waals surface area contributed by atoms with Crippen molar-refractivity contribution < 1.29 is 4.79 Å². The van der Waals surface area contributed by atoms with Gasteiger partial charge < -0.3 is 4.90 Å². The standard InChI is InChI=1S/C15H20N6O/c1-2-3-7-15(18-19-15)8-6-14(22)21-9-4-5-13(21)10-20-12-16-11-17-20/h1,11-13H,3-10H2. The van der Waals surface area contributed by atoms with Crippen molar-refractivity contribution in [3.8, 4) is 12.3 Å². The molecule has 116 valence electrons. The second kappa shape index (κ2) is 6.26. The van der Waals surface area contributed by atoms with E-state index in [0.29, 0.717) is 25.8 Å². The molecule has 0 spiro atoms. The molecular formula is C15H20N6O. The number of carbonyl (C=O) groups excluding carboxylic acids is 1. The fourth-order valence-electron chi connectivity index (χ4n) is 3.02. The molecule has 7 heteroatoms. The highest BCUT2D eigenvalue weighted by molar-refractivity contribution is 5.77. The summed E-state index contributed by atoms with van der Waals surface area (Å²) in [4.78, 5) is 18.4. The minimum absolute atomic E-state index is 0.181. The third-order valence-corrected chi connectivity index (χ3v) is 4.35. The highest BCUT2D eigenvalue weighted by atomic mass is 16.2. The van der Waals surface area contributed by atoms with Crippen LogP contribution in [0.2, 0.25) is 0 Å². The van der Waals surface area contributed by atoms with Crippen LogP contribution in [-0.2, 0) is 11.3 Å². The van der Waals surface area contributed by atoms with Crippen molar-refractivity contribution in [1.29, 1.82) is 0 Å². The number of hydrogen-bond donors (Lipinski definition) is 0. The molecule has 1 amide bonds. The Morgan fingerprint density at radius 1 is 1.41 bits per heavy atom. The molecule has 0 aromatic carbocycles. The van der Waals surface area contributed by atoms with E-state index >= 15 is 0 Å². The number of terminal acetylenes is 1. The number of hydrogen-bond acceptors (Lipinski definition) is 5. The molecule has 1 aromatic rings. The van der Waals surface area contributed by atoms with Gasteiger partial charge in [0.25, 0.3) is 0 Å². The number of carbonyl (C=O) groups is 1. The zero-order valence-electron chi connectivity index (χ0n) is 12.6. The summed E-state index contributed by atoms with van der Waals surface area (Å²) in [5.41, 5.74) is -0.372. The molecule has 1 fully saturated rings. The average Bonchev–Trinajstić information content (AvgIpc) is 2.92. The first-order chi connectivity index (χ1) is 10.7. The van der Waals surface area contributed by atoms with Crippen molar-refractivity contribution in [2.75, 3.05) is 6.54 Å². The molecule has 0 saturated carbocycles. The maximum Gasteiger partial charge on any atom is 0.223 e.